The van der Waals surface area contributed by atoms with Crippen molar-refractivity contribution in [2.24, 2.45) is 5.41 Å². The molecule has 2 fully saturated rings. The minimum atomic E-state index is 0.0594. The summed E-state index contributed by atoms with van der Waals surface area (Å²) in [4.78, 5) is 21.1. The lowest BCUT2D eigenvalue weighted by atomic mass is 9.76. The number of amides is 1. The highest BCUT2D eigenvalue weighted by Gasteiger charge is 2.46. The standard InChI is InChI=1S/C20H26N4O3/c1-15-21-19(27-22-15)17-12-20(14-23(17)2)8-10-24(11-9-20)18(25)13-26-16-6-4-3-5-7-16/h3-7,17H,8-14H2,1-2H3. The Morgan fingerprint density at radius 2 is 2.04 bits per heavy atom. The first kappa shape index (κ1) is 18.0. The summed E-state index contributed by atoms with van der Waals surface area (Å²) in [5.74, 6) is 2.18. The van der Waals surface area contributed by atoms with Gasteiger partial charge < -0.3 is 14.2 Å². The van der Waals surface area contributed by atoms with E-state index in [-0.39, 0.29) is 24.0 Å². The minimum absolute atomic E-state index is 0.0594. The summed E-state index contributed by atoms with van der Waals surface area (Å²) in [6, 6.07) is 9.65. The first-order valence-corrected chi connectivity index (χ1v) is 9.51. The van der Waals surface area contributed by atoms with Crippen LogP contribution in [0.5, 0.6) is 5.75 Å². The predicted octanol–water partition coefficient (Wildman–Crippen LogP) is 2.44. The molecule has 0 radical (unpaired) electrons. The number of carbonyl (C=O) groups excluding carboxylic acids is 1. The second-order valence-corrected chi connectivity index (χ2v) is 7.80. The largest absolute Gasteiger partial charge is 0.484 e. The highest BCUT2D eigenvalue weighted by molar-refractivity contribution is 5.77. The van der Waals surface area contributed by atoms with Gasteiger partial charge in [-0.05, 0) is 50.8 Å². The topological polar surface area (TPSA) is 71.7 Å². The van der Waals surface area contributed by atoms with Crippen LogP contribution in [0.15, 0.2) is 34.9 Å². The van der Waals surface area contributed by atoms with Gasteiger partial charge in [0, 0.05) is 19.6 Å². The lowest BCUT2D eigenvalue weighted by molar-refractivity contribution is -0.135. The van der Waals surface area contributed by atoms with Crippen LogP contribution in [0.2, 0.25) is 0 Å². The summed E-state index contributed by atoms with van der Waals surface area (Å²) >= 11 is 0. The molecule has 2 aromatic rings. The summed E-state index contributed by atoms with van der Waals surface area (Å²) < 4.78 is 11.0. The fraction of sp³-hybridized carbons (Fsp3) is 0.550. The Morgan fingerprint density at radius 3 is 2.70 bits per heavy atom. The summed E-state index contributed by atoms with van der Waals surface area (Å²) in [7, 11) is 2.12. The normalized spacial score (nSPS) is 22.3. The molecule has 1 amide bonds. The van der Waals surface area contributed by atoms with Crippen LogP contribution < -0.4 is 4.74 Å². The average Bonchev–Trinajstić information content (AvgIpc) is 3.24. The van der Waals surface area contributed by atoms with Crippen LogP contribution in [0.3, 0.4) is 0 Å². The Labute approximate surface area is 159 Å². The molecule has 1 aromatic heterocycles. The molecule has 0 saturated carbocycles. The monoisotopic (exact) mass is 370 g/mol. The van der Waals surface area contributed by atoms with E-state index in [1.165, 1.54) is 0 Å². The van der Waals surface area contributed by atoms with Gasteiger partial charge in [0.2, 0.25) is 5.89 Å². The molecule has 0 aliphatic carbocycles. The highest BCUT2D eigenvalue weighted by atomic mass is 16.5. The second-order valence-electron chi connectivity index (χ2n) is 7.80. The number of carbonyl (C=O) groups is 1. The fourth-order valence-electron chi connectivity index (χ4n) is 4.34. The van der Waals surface area contributed by atoms with E-state index in [1.807, 2.05) is 42.2 Å². The van der Waals surface area contributed by atoms with Gasteiger partial charge >= 0.3 is 0 Å². The first-order valence-electron chi connectivity index (χ1n) is 9.51. The van der Waals surface area contributed by atoms with E-state index in [0.29, 0.717) is 11.7 Å². The van der Waals surface area contributed by atoms with Gasteiger partial charge in [-0.15, -0.1) is 0 Å². The zero-order chi connectivity index (χ0) is 18.9. The van der Waals surface area contributed by atoms with Crippen molar-refractivity contribution in [1.29, 1.82) is 0 Å². The van der Waals surface area contributed by atoms with Gasteiger partial charge in [-0.3, -0.25) is 9.69 Å². The van der Waals surface area contributed by atoms with Crippen molar-refractivity contribution < 1.29 is 14.1 Å². The molecule has 2 aliphatic rings. The molecule has 1 atom stereocenters. The fourth-order valence-corrected chi connectivity index (χ4v) is 4.34. The van der Waals surface area contributed by atoms with E-state index in [4.69, 9.17) is 9.26 Å². The number of aryl methyl sites for hydroxylation is 1. The van der Waals surface area contributed by atoms with Crippen molar-refractivity contribution in [2.75, 3.05) is 33.3 Å². The molecule has 3 heterocycles. The van der Waals surface area contributed by atoms with Crippen molar-refractivity contribution >= 4 is 5.91 Å². The van der Waals surface area contributed by atoms with E-state index in [9.17, 15) is 4.79 Å². The predicted molar refractivity (Wildman–Crippen MR) is 99.2 cm³/mol. The number of para-hydroxylation sites is 1. The third kappa shape index (κ3) is 3.83. The maximum Gasteiger partial charge on any atom is 0.260 e. The average molecular weight is 370 g/mol. The van der Waals surface area contributed by atoms with Crippen LogP contribution in [-0.4, -0.2) is 59.1 Å². The number of benzene rings is 1. The number of ether oxygens (including phenoxy) is 1. The Hall–Kier alpha value is -2.41. The molecule has 1 unspecified atom stereocenters. The molecule has 7 heteroatoms. The summed E-state index contributed by atoms with van der Waals surface area (Å²) in [5, 5.41) is 3.93. The van der Waals surface area contributed by atoms with Crippen molar-refractivity contribution in [3.8, 4) is 5.75 Å². The number of likely N-dealkylation sites (tertiary alicyclic amines) is 2. The van der Waals surface area contributed by atoms with Gasteiger partial charge in [-0.1, -0.05) is 23.4 Å². The van der Waals surface area contributed by atoms with Gasteiger partial charge in [0.1, 0.15) is 5.75 Å². The van der Waals surface area contributed by atoms with E-state index >= 15 is 0 Å². The molecule has 144 valence electrons. The number of rotatable bonds is 4. The molecule has 0 bridgehead atoms. The van der Waals surface area contributed by atoms with Crippen LogP contribution in [0.4, 0.5) is 0 Å². The number of hydrogen-bond donors (Lipinski definition) is 0. The van der Waals surface area contributed by atoms with Crippen molar-refractivity contribution in [3.63, 3.8) is 0 Å². The van der Waals surface area contributed by atoms with Crippen molar-refractivity contribution in [2.45, 2.75) is 32.2 Å². The number of hydrogen-bond acceptors (Lipinski definition) is 6. The van der Waals surface area contributed by atoms with Gasteiger partial charge in [-0.2, -0.15) is 4.98 Å². The molecule has 27 heavy (non-hydrogen) atoms. The molecule has 2 aliphatic heterocycles. The zero-order valence-electron chi connectivity index (χ0n) is 15.9. The number of piperidine rings is 1. The van der Waals surface area contributed by atoms with Crippen LogP contribution in [0.25, 0.3) is 0 Å². The second kappa shape index (κ2) is 7.31. The molecule has 4 rings (SSSR count). The third-order valence-corrected chi connectivity index (χ3v) is 5.85. The maximum absolute atomic E-state index is 12.5. The summed E-state index contributed by atoms with van der Waals surface area (Å²) in [5.41, 5.74) is 0.221. The molecular weight excluding hydrogens is 344 g/mol. The van der Waals surface area contributed by atoms with Gasteiger partial charge in [-0.25, -0.2) is 0 Å². The van der Waals surface area contributed by atoms with Gasteiger partial charge in [0.25, 0.3) is 5.91 Å². The zero-order valence-corrected chi connectivity index (χ0v) is 15.9. The van der Waals surface area contributed by atoms with E-state index in [1.54, 1.807) is 0 Å². The Balaban J connectivity index is 1.31. The Kier molecular flexibility index (Phi) is 4.86. The molecule has 1 aromatic carbocycles. The van der Waals surface area contributed by atoms with E-state index in [0.717, 1.165) is 44.6 Å². The molecular formula is C20H26N4O3. The van der Waals surface area contributed by atoms with Gasteiger partial charge in [0.15, 0.2) is 12.4 Å². The molecule has 7 nitrogen and oxygen atoms in total. The van der Waals surface area contributed by atoms with E-state index < -0.39 is 0 Å². The maximum atomic E-state index is 12.5. The Bertz CT molecular complexity index is 784. The third-order valence-electron chi connectivity index (χ3n) is 5.85. The lowest BCUT2D eigenvalue weighted by Crippen LogP contribution is -2.45. The number of nitrogens with zero attached hydrogens (tertiary/aromatic N) is 4. The SMILES string of the molecule is Cc1noc(C2CC3(CCN(C(=O)COc4ccccc4)CC3)CN2C)n1. The van der Waals surface area contributed by atoms with Crippen LogP contribution in [0, 0.1) is 12.3 Å². The quantitative estimate of drug-likeness (QED) is 0.823. The smallest absolute Gasteiger partial charge is 0.260 e. The molecule has 1 spiro atoms. The van der Waals surface area contributed by atoms with E-state index in [2.05, 4.69) is 22.1 Å². The summed E-state index contributed by atoms with van der Waals surface area (Å²) in [6.07, 6.45) is 3.00. The number of aromatic nitrogens is 2. The van der Waals surface area contributed by atoms with Gasteiger partial charge in [0.05, 0.1) is 6.04 Å². The van der Waals surface area contributed by atoms with Crippen LogP contribution in [0.1, 0.15) is 37.0 Å². The molecule has 0 N–H and O–H groups in total. The van der Waals surface area contributed by atoms with Crippen LogP contribution >= 0.6 is 0 Å². The van der Waals surface area contributed by atoms with Crippen molar-refractivity contribution in [3.05, 3.63) is 42.0 Å². The summed E-state index contributed by atoms with van der Waals surface area (Å²) in [6.45, 7) is 4.50. The van der Waals surface area contributed by atoms with Crippen molar-refractivity contribution in [1.82, 2.24) is 19.9 Å². The Morgan fingerprint density at radius 1 is 1.30 bits per heavy atom. The lowest BCUT2D eigenvalue weighted by Gasteiger charge is -2.39. The minimum Gasteiger partial charge on any atom is -0.484 e. The highest BCUT2D eigenvalue weighted by Crippen LogP contribution is 2.47. The first-order chi connectivity index (χ1) is 13.0. The molecule has 2 saturated heterocycles. The van der Waals surface area contributed by atoms with Crippen LogP contribution in [-0.2, 0) is 4.79 Å².